The van der Waals surface area contributed by atoms with Gasteiger partial charge in [-0.2, -0.15) is 0 Å². The standard InChI is InChI=1S/C14H20N2O2S/c1-16(11-6-8-17-10-11)7-9-18-13-5-3-2-4-12(13)14(15)19/h2-5,11H,6-10H2,1H3,(H2,15,19). The summed E-state index contributed by atoms with van der Waals surface area (Å²) in [5, 5.41) is 0. The van der Waals surface area contributed by atoms with Crippen LogP contribution >= 0.6 is 12.2 Å². The van der Waals surface area contributed by atoms with Gasteiger partial charge in [0.15, 0.2) is 0 Å². The van der Waals surface area contributed by atoms with Crippen LogP contribution in [-0.2, 0) is 4.74 Å². The molecule has 0 bridgehead atoms. The third kappa shape index (κ3) is 3.89. The van der Waals surface area contributed by atoms with Crippen molar-refractivity contribution in [1.29, 1.82) is 0 Å². The molecule has 1 aromatic rings. The summed E-state index contributed by atoms with van der Waals surface area (Å²) >= 11 is 5.01. The van der Waals surface area contributed by atoms with Crippen LogP contribution in [0.1, 0.15) is 12.0 Å². The van der Waals surface area contributed by atoms with Gasteiger partial charge in [0.2, 0.25) is 0 Å². The molecule has 1 heterocycles. The Hall–Kier alpha value is -1.17. The summed E-state index contributed by atoms with van der Waals surface area (Å²) in [6.07, 6.45) is 1.10. The summed E-state index contributed by atoms with van der Waals surface area (Å²) in [4.78, 5) is 2.64. The molecule has 0 aromatic heterocycles. The van der Waals surface area contributed by atoms with E-state index in [-0.39, 0.29) is 0 Å². The van der Waals surface area contributed by atoms with Crippen LogP contribution in [0.2, 0.25) is 0 Å². The number of benzene rings is 1. The normalized spacial score (nSPS) is 18.7. The van der Waals surface area contributed by atoms with Crippen molar-refractivity contribution in [2.24, 2.45) is 5.73 Å². The first-order valence-electron chi connectivity index (χ1n) is 6.48. The van der Waals surface area contributed by atoms with Crippen LogP contribution in [0, 0.1) is 0 Å². The summed E-state index contributed by atoms with van der Waals surface area (Å²) in [6.45, 7) is 3.16. The monoisotopic (exact) mass is 280 g/mol. The molecule has 19 heavy (non-hydrogen) atoms. The Bertz CT molecular complexity index is 433. The molecule has 1 aliphatic rings. The third-order valence-electron chi connectivity index (χ3n) is 3.38. The van der Waals surface area contributed by atoms with Gasteiger partial charge in [-0.05, 0) is 25.6 Å². The van der Waals surface area contributed by atoms with Crippen molar-refractivity contribution in [2.75, 3.05) is 33.4 Å². The Morgan fingerprint density at radius 2 is 2.32 bits per heavy atom. The summed E-state index contributed by atoms with van der Waals surface area (Å²) in [6, 6.07) is 8.11. The van der Waals surface area contributed by atoms with Gasteiger partial charge in [0.1, 0.15) is 17.3 Å². The van der Waals surface area contributed by atoms with Crippen LogP contribution < -0.4 is 10.5 Å². The number of nitrogens with two attached hydrogens (primary N) is 1. The van der Waals surface area contributed by atoms with E-state index in [1.807, 2.05) is 24.3 Å². The van der Waals surface area contributed by atoms with Gasteiger partial charge >= 0.3 is 0 Å². The van der Waals surface area contributed by atoms with Crippen molar-refractivity contribution in [1.82, 2.24) is 4.90 Å². The van der Waals surface area contributed by atoms with Crippen LogP contribution in [-0.4, -0.2) is 49.3 Å². The molecule has 0 aliphatic carbocycles. The fourth-order valence-electron chi connectivity index (χ4n) is 2.15. The van der Waals surface area contributed by atoms with E-state index in [2.05, 4.69) is 11.9 Å². The van der Waals surface area contributed by atoms with E-state index in [0.717, 1.165) is 37.5 Å². The number of ether oxygens (including phenoxy) is 2. The van der Waals surface area contributed by atoms with Crippen molar-refractivity contribution in [2.45, 2.75) is 12.5 Å². The van der Waals surface area contributed by atoms with E-state index in [1.54, 1.807) is 0 Å². The predicted octanol–water partition coefficient (Wildman–Crippen LogP) is 1.42. The van der Waals surface area contributed by atoms with Crippen LogP contribution in [0.25, 0.3) is 0 Å². The first-order chi connectivity index (χ1) is 9.18. The first kappa shape index (κ1) is 14.2. The minimum Gasteiger partial charge on any atom is -0.492 e. The van der Waals surface area contributed by atoms with E-state index < -0.39 is 0 Å². The lowest BCUT2D eigenvalue weighted by atomic mass is 10.2. The smallest absolute Gasteiger partial charge is 0.129 e. The molecule has 5 heteroatoms. The van der Waals surface area contributed by atoms with E-state index in [1.165, 1.54) is 0 Å². The quantitative estimate of drug-likeness (QED) is 0.799. The topological polar surface area (TPSA) is 47.7 Å². The predicted molar refractivity (Wildman–Crippen MR) is 79.7 cm³/mol. The van der Waals surface area contributed by atoms with Gasteiger partial charge in [0.05, 0.1) is 12.2 Å². The fraction of sp³-hybridized carbons (Fsp3) is 0.500. The molecule has 0 radical (unpaired) electrons. The largest absolute Gasteiger partial charge is 0.492 e. The lowest BCUT2D eigenvalue weighted by molar-refractivity contribution is 0.147. The Labute approximate surface area is 119 Å². The molecule has 1 unspecified atom stereocenters. The minimum atomic E-state index is 0.369. The van der Waals surface area contributed by atoms with E-state index in [0.29, 0.717) is 17.6 Å². The third-order valence-corrected chi connectivity index (χ3v) is 3.60. The zero-order valence-electron chi connectivity index (χ0n) is 11.2. The average Bonchev–Trinajstić information content (AvgIpc) is 2.93. The van der Waals surface area contributed by atoms with Crippen molar-refractivity contribution in [3.63, 3.8) is 0 Å². The van der Waals surface area contributed by atoms with Crippen molar-refractivity contribution >= 4 is 17.2 Å². The maximum Gasteiger partial charge on any atom is 0.129 e. The summed E-state index contributed by atoms with van der Waals surface area (Å²) in [7, 11) is 2.10. The fourth-order valence-corrected chi connectivity index (χ4v) is 2.32. The molecule has 104 valence electrons. The average molecular weight is 280 g/mol. The Balaban J connectivity index is 1.83. The highest BCUT2D eigenvalue weighted by Crippen LogP contribution is 2.18. The maximum absolute atomic E-state index is 5.78. The lowest BCUT2D eigenvalue weighted by Crippen LogP contribution is -2.35. The van der Waals surface area contributed by atoms with E-state index >= 15 is 0 Å². The number of para-hydroxylation sites is 1. The zero-order chi connectivity index (χ0) is 13.7. The number of nitrogens with zero attached hydrogens (tertiary/aromatic N) is 1. The molecular weight excluding hydrogens is 260 g/mol. The number of hydrogen-bond donors (Lipinski definition) is 1. The van der Waals surface area contributed by atoms with Crippen LogP contribution in [0.4, 0.5) is 0 Å². The maximum atomic E-state index is 5.78. The summed E-state index contributed by atoms with van der Waals surface area (Å²) in [5.41, 5.74) is 6.47. The van der Waals surface area contributed by atoms with Gasteiger partial charge in [-0.1, -0.05) is 24.4 Å². The zero-order valence-corrected chi connectivity index (χ0v) is 12.0. The molecule has 4 nitrogen and oxygen atoms in total. The van der Waals surface area contributed by atoms with Crippen LogP contribution in [0.15, 0.2) is 24.3 Å². The molecule has 0 saturated carbocycles. The minimum absolute atomic E-state index is 0.369. The molecule has 2 N–H and O–H groups in total. The number of hydrogen-bond acceptors (Lipinski definition) is 4. The number of thiocarbonyl (C=S) groups is 1. The molecule has 0 amide bonds. The van der Waals surface area contributed by atoms with Gasteiger partial charge < -0.3 is 15.2 Å². The molecular formula is C14H20N2O2S. The van der Waals surface area contributed by atoms with Gasteiger partial charge in [0.25, 0.3) is 0 Å². The second-order valence-corrected chi connectivity index (χ2v) is 5.15. The molecule has 2 rings (SSSR count). The Kier molecular flexibility index (Phi) is 5.13. The highest BCUT2D eigenvalue weighted by molar-refractivity contribution is 7.80. The molecule has 0 spiro atoms. The molecule has 1 aliphatic heterocycles. The van der Waals surface area contributed by atoms with Gasteiger partial charge in [0, 0.05) is 19.2 Å². The number of rotatable bonds is 6. The van der Waals surface area contributed by atoms with E-state index in [9.17, 15) is 0 Å². The van der Waals surface area contributed by atoms with E-state index in [4.69, 9.17) is 27.4 Å². The van der Waals surface area contributed by atoms with Crippen LogP contribution in [0.3, 0.4) is 0 Å². The molecule has 1 aromatic carbocycles. The highest BCUT2D eigenvalue weighted by Gasteiger charge is 2.19. The second-order valence-electron chi connectivity index (χ2n) is 4.71. The van der Waals surface area contributed by atoms with Crippen LogP contribution in [0.5, 0.6) is 5.75 Å². The molecule has 1 fully saturated rings. The highest BCUT2D eigenvalue weighted by atomic mass is 32.1. The first-order valence-corrected chi connectivity index (χ1v) is 6.89. The lowest BCUT2D eigenvalue weighted by Gasteiger charge is -2.22. The Morgan fingerprint density at radius 3 is 3.00 bits per heavy atom. The number of likely N-dealkylation sites (N-methyl/N-ethyl adjacent to an activating group) is 1. The van der Waals surface area contributed by atoms with Crippen molar-refractivity contribution in [3.05, 3.63) is 29.8 Å². The summed E-state index contributed by atoms with van der Waals surface area (Å²) < 4.78 is 11.2. The Morgan fingerprint density at radius 1 is 1.53 bits per heavy atom. The SMILES string of the molecule is CN(CCOc1ccccc1C(N)=S)C1CCOC1. The van der Waals surface area contributed by atoms with Crippen molar-refractivity contribution < 1.29 is 9.47 Å². The van der Waals surface area contributed by atoms with Gasteiger partial charge in [-0.25, -0.2) is 0 Å². The second kappa shape index (κ2) is 6.84. The summed E-state index contributed by atoms with van der Waals surface area (Å²) in [5.74, 6) is 0.756. The van der Waals surface area contributed by atoms with Gasteiger partial charge in [-0.3, -0.25) is 4.90 Å². The molecule has 1 atom stereocenters. The van der Waals surface area contributed by atoms with Crippen molar-refractivity contribution in [3.8, 4) is 5.75 Å². The van der Waals surface area contributed by atoms with Gasteiger partial charge in [-0.15, -0.1) is 0 Å². The molecule has 1 saturated heterocycles.